The van der Waals surface area contributed by atoms with Crippen LogP contribution in [0.15, 0.2) is 48.6 Å². The van der Waals surface area contributed by atoms with E-state index >= 15 is 0 Å². The zero-order valence-corrected chi connectivity index (χ0v) is 20.9. The van der Waals surface area contributed by atoms with Crippen LogP contribution in [0.1, 0.15) is 90.9 Å². The fourth-order valence-corrected chi connectivity index (χ4v) is 3.45. The molecule has 0 saturated carbocycles. The quantitative estimate of drug-likeness (QED) is 0.141. The van der Waals surface area contributed by atoms with E-state index in [1.165, 1.54) is 38.5 Å². The van der Waals surface area contributed by atoms with Crippen molar-refractivity contribution in [1.29, 1.82) is 0 Å². The lowest BCUT2D eigenvalue weighted by Gasteiger charge is -2.26. The average molecular weight is 450 g/mol. The van der Waals surface area contributed by atoms with Gasteiger partial charge in [0.05, 0.1) is 18.8 Å². The largest absolute Gasteiger partial charge is 0.395 e. The summed E-state index contributed by atoms with van der Waals surface area (Å²) in [4.78, 5) is 1.94. The summed E-state index contributed by atoms with van der Waals surface area (Å²) in [6.07, 6.45) is 29.0. The zero-order chi connectivity index (χ0) is 23.7. The average Bonchev–Trinajstić information content (AvgIpc) is 2.77. The number of unbranched alkanes of at least 4 members (excludes halogenated alkanes) is 6. The maximum atomic E-state index is 10.3. The van der Waals surface area contributed by atoms with Gasteiger partial charge in [0.25, 0.3) is 0 Å². The van der Waals surface area contributed by atoms with Crippen LogP contribution in [0.5, 0.6) is 0 Å². The molecule has 4 nitrogen and oxygen atoms in total. The normalized spacial score (nSPS) is 14.7. The molecule has 0 radical (unpaired) electrons. The summed E-state index contributed by atoms with van der Waals surface area (Å²) >= 11 is 0. The molecule has 0 aliphatic carbocycles. The van der Waals surface area contributed by atoms with Crippen molar-refractivity contribution in [2.45, 2.75) is 103 Å². The summed E-state index contributed by atoms with van der Waals surface area (Å²) in [6.45, 7) is 5.83. The smallest absolute Gasteiger partial charge is 0.0701 e. The van der Waals surface area contributed by atoms with Crippen molar-refractivity contribution >= 4 is 0 Å². The van der Waals surface area contributed by atoms with Crippen LogP contribution in [0.2, 0.25) is 0 Å². The highest BCUT2D eigenvalue weighted by atomic mass is 16.3. The van der Waals surface area contributed by atoms with E-state index in [0.717, 1.165) is 25.7 Å². The summed E-state index contributed by atoms with van der Waals surface area (Å²) in [6, 6.07) is 0. The fourth-order valence-electron chi connectivity index (χ4n) is 3.45. The molecule has 3 N–H and O–H groups in total. The molecule has 0 aromatic rings. The van der Waals surface area contributed by atoms with Crippen molar-refractivity contribution in [1.82, 2.24) is 4.90 Å². The lowest BCUT2D eigenvalue weighted by molar-refractivity contribution is 0.0617. The minimum Gasteiger partial charge on any atom is -0.395 e. The molecule has 0 fully saturated rings. The monoisotopic (exact) mass is 449 g/mol. The van der Waals surface area contributed by atoms with Crippen molar-refractivity contribution in [3.63, 3.8) is 0 Å². The first-order valence-electron chi connectivity index (χ1n) is 12.9. The van der Waals surface area contributed by atoms with Gasteiger partial charge >= 0.3 is 0 Å². The van der Waals surface area contributed by atoms with E-state index in [-0.39, 0.29) is 6.61 Å². The highest BCUT2D eigenvalue weighted by molar-refractivity contribution is 4.95. The third kappa shape index (κ3) is 22.0. The zero-order valence-electron chi connectivity index (χ0n) is 20.9. The second kappa shape index (κ2) is 24.4. The molecule has 0 aliphatic heterocycles. The van der Waals surface area contributed by atoms with E-state index < -0.39 is 12.2 Å². The summed E-state index contributed by atoms with van der Waals surface area (Å²) in [5, 5.41) is 29.9. The Kier molecular flexibility index (Phi) is 23.5. The molecule has 186 valence electrons. The van der Waals surface area contributed by atoms with E-state index in [1.54, 1.807) is 0 Å². The molecular formula is C28H51NO3. The number of nitrogens with zero attached hydrogens (tertiary/aromatic N) is 1. The van der Waals surface area contributed by atoms with Gasteiger partial charge in [-0.2, -0.15) is 0 Å². The molecule has 0 saturated heterocycles. The van der Waals surface area contributed by atoms with E-state index in [0.29, 0.717) is 32.5 Å². The minimum absolute atomic E-state index is 0.0246. The van der Waals surface area contributed by atoms with Gasteiger partial charge in [-0.05, 0) is 51.4 Å². The number of rotatable bonds is 22. The molecule has 0 amide bonds. The topological polar surface area (TPSA) is 63.9 Å². The SMILES string of the molecule is CCCCC/C=C\C/C=C\CC(O)CN(CCO)CC(O)C/C=C\C/C=C\CCCCC. The Bertz CT molecular complexity index is 457. The highest BCUT2D eigenvalue weighted by Crippen LogP contribution is 2.05. The number of aliphatic hydroxyl groups excluding tert-OH is 3. The molecule has 2 atom stereocenters. The van der Waals surface area contributed by atoms with Gasteiger partial charge in [-0.1, -0.05) is 88.1 Å². The van der Waals surface area contributed by atoms with Crippen molar-refractivity contribution in [2.75, 3.05) is 26.2 Å². The van der Waals surface area contributed by atoms with Gasteiger partial charge < -0.3 is 15.3 Å². The number of hydrogen-bond donors (Lipinski definition) is 3. The number of hydrogen-bond acceptors (Lipinski definition) is 4. The van der Waals surface area contributed by atoms with Crippen LogP contribution in [-0.4, -0.2) is 58.7 Å². The van der Waals surface area contributed by atoms with E-state index in [1.807, 2.05) is 17.1 Å². The maximum Gasteiger partial charge on any atom is 0.0701 e. The minimum atomic E-state index is -0.494. The molecule has 0 aromatic carbocycles. The van der Waals surface area contributed by atoms with Gasteiger partial charge in [0.1, 0.15) is 0 Å². The first-order valence-corrected chi connectivity index (χ1v) is 12.9. The fraction of sp³-hybridized carbons (Fsp3) is 0.714. The summed E-state index contributed by atoms with van der Waals surface area (Å²) in [5.41, 5.74) is 0. The third-order valence-corrected chi connectivity index (χ3v) is 5.33. The van der Waals surface area contributed by atoms with E-state index in [9.17, 15) is 15.3 Å². The van der Waals surface area contributed by atoms with E-state index in [2.05, 4.69) is 50.3 Å². The van der Waals surface area contributed by atoms with Crippen LogP contribution in [0.25, 0.3) is 0 Å². The first-order chi connectivity index (χ1) is 15.6. The second-order valence-corrected chi connectivity index (χ2v) is 8.61. The molecule has 0 spiro atoms. The maximum absolute atomic E-state index is 10.3. The van der Waals surface area contributed by atoms with Crippen LogP contribution in [0.3, 0.4) is 0 Å². The van der Waals surface area contributed by atoms with Crippen molar-refractivity contribution in [3.8, 4) is 0 Å². The molecule has 2 unspecified atom stereocenters. The standard InChI is InChI=1S/C28H51NO3/c1-3-5-7-9-11-13-15-17-19-21-27(31)25-29(23-24-30)26-28(32)22-20-18-16-14-12-10-8-6-4-2/h11-14,17-20,27-28,30-32H,3-10,15-16,21-26H2,1-2H3/b13-11-,14-12-,19-17-,20-18-. The molecule has 0 aromatic heterocycles. The van der Waals surface area contributed by atoms with E-state index in [4.69, 9.17) is 0 Å². The lowest BCUT2D eigenvalue weighted by Crippen LogP contribution is -2.39. The van der Waals surface area contributed by atoms with Crippen LogP contribution >= 0.6 is 0 Å². The van der Waals surface area contributed by atoms with Crippen molar-refractivity contribution in [3.05, 3.63) is 48.6 Å². The Hall–Kier alpha value is -1.20. The predicted molar refractivity (Wildman–Crippen MR) is 139 cm³/mol. The Morgan fingerprint density at radius 2 is 1.06 bits per heavy atom. The molecule has 0 rings (SSSR count). The van der Waals surface area contributed by atoms with Crippen LogP contribution in [-0.2, 0) is 0 Å². The Balaban J connectivity index is 4.07. The molecular weight excluding hydrogens is 398 g/mol. The molecule has 0 aliphatic rings. The highest BCUT2D eigenvalue weighted by Gasteiger charge is 2.14. The Morgan fingerprint density at radius 1 is 0.625 bits per heavy atom. The Morgan fingerprint density at radius 3 is 1.47 bits per heavy atom. The molecule has 0 heterocycles. The second-order valence-electron chi connectivity index (χ2n) is 8.61. The molecule has 32 heavy (non-hydrogen) atoms. The lowest BCUT2D eigenvalue weighted by atomic mass is 10.1. The first kappa shape index (κ1) is 30.8. The van der Waals surface area contributed by atoms with Crippen LogP contribution < -0.4 is 0 Å². The van der Waals surface area contributed by atoms with Gasteiger partial charge in [-0.25, -0.2) is 0 Å². The van der Waals surface area contributed by atoms with Gasteiger partial charge in [0.15, 0.2) is 0 Å². The third-order valence-electron chi connectivity index (χ3n) is 5.33. The van der Waals surface area contributed by atoms with Crippen molar-refractivity contribution in [2.24, 2.45) is 0 Å². The van der Waals surface area contributed by atoms with Gasteiger partial charge in [0, 0.05) is 19.6 Å². The summed E-state index contributed by atoms with van der Waals surface area (Å²) < 4.78 is 0. The predicted octanol–water partition coefficient (Wildman–Crippen LogP) is 5.95. The summed E-state index contributed by atoms with van der Waals surface area (Å²) in [5.74, 6) is 0. The van der Waals surface area contributed by atoms with Crippen LogP contribution in [0, 0.1) is 0 Å². The molecule has 0 bridgehead atoms. The number of allylic oxidation sites excluding steroid dienone is 6. The van der Waals surface area contributed by atoms with Gasteiger partial charge in [-0.3, -0.25) is 4.90 Å². The van der Waals surface area contributed by atoms with Crippen molar-refractivity contribution < 1.29 is 15.3 Å². The van der Waals surface area contributed by atoms with Gasteiger partial charge in [-0.15, -0.1) is 0 Å². The number of aliphatic hydroxyl groups is 3. The Labute approximate surface area is 198 Å². The molecule has 4 heteroatoms. The summed E-state index contributed by atoms with van der Waals surface area (Å²) in [7, 11) is 0. The van der Waals surface area contributed by atoms with Gasteiger partial charge in [0.2, 0.25) is 0 Å². The van der Waals surface area contributed by atoms with Crippen LogP contribution in [0.4, 0.5) is 0 Å².